The van der Waals surface area contributed by atoms with Crippen molar-refractivity contribution < 1.29 is 37.4 Å². The fourth-order valence-corrected chi connectivity index (χ4v) is 5.20. The molecule has 0 atom stereocenters. The molecule has 5 rings (SSSR count). The van der Waals surface area contributed by atoms with E-state index < -0.39 is 40.6 Å². The molecule has 0 bridgehead atoms. The van der Waals surface area contributed by atoms with Crippen LogP contribution in [0.25, 0.3) is 28.3 Å². The van der Waals surface area contributed by atoms with E-state index in [2.05, 4.69) is 30.8 Å². The van der Waals surface area contributed by atoms with E-state index in [1.165, 1.54) is 24.4 Å². The molecular weight excluding hydrogens is 682 g/mol. The van der Waals surface area contributed by atoms with E-state index in [1.54, 1.807) is 57.3 Å². The lowest BCUT2D eigenvalue weighted by Crippen LogP contribution is -2.44. The molecule has 0 radical (unpaired) electrons. The van der Waals surface area contributed by atoms with Crippen LogP contribution < -0.4 is 4.90 Å². The van der Waals surface area contributed by atoms with E-state index in [4.69, 9.17) is 14.2 Å². The number of rotatable bonds is 5. The van der Waals surface area contributed by atoms with Gasteiger partial charge in [0, 0.05) is 24.8 Å². The van der Waals surface area contributed by atoms with Crippen LogP contribution >= 0.6 is 0 Å². The number of hydrogen-bond donors (Lipinski definition) is 0. The Balaban J connectivity index is 1.57. The lowest BCUT2D eigenvalue weighted by molar-refractivity contribution is 0.0183. The first-order chi connectivity index (χ1) is 24.2. The highest BCUT2D eigenvalue weighted by atomic mass is 19.2. The van der Waals surface area contributed by atoms with E-state index in [0.717, 1.165) is 10.7 Å². The largest absolute Gasteiger partial charge is 0.444 e. The monoisotopic (exact) mass is 724 g/mol. The lowest BCUT2D eigenvalue weighted by Gasteiger charge is -2.33. The van der Waals surface area contributed by atoms with Crippen LogP contribution in [-0.2, 0) is 14.2 Å². The molecule has 52 heavy (non-hydrogen) atoms. The van der Waals surface area contributed by atoms with Gasteiger partial charge in [-0.05, 0) is 104 Å². The molecule has 1 aliphatic heterocycles. The van der Waals surface area contributed by atoms with Crippen LogP contribution in [0, 0.1) is 11.6 Å². The maximum Gasteiger partial charge on any atom is 0.425 e. The fraction of sp³-hybridized carbons (Fsp3) is 0.500. The Morgan fingerprint density at radius 1 is 0.846 bits per heavy atom. The number of benzene rings is 1. The smallest absolute Gasteiger partial charge is 0.425 e. The minimum Gasteiger partial charge on any atom is -0.444 e. The van der Waals surface area contributed by atoms with Gasteiger partial charge < -0.3 is 19.1 Å². The minimum atomic E-state index is -1.24. The maximum absolute atomic E-state index is 15.1. The summed E-state index contributed by atoms with van der Waals surface area (Å²) in [6.07, 6.45) is 1.63. The molecule has 0 saturated carbocycles. The molecule has 1 aromatic carbocycles. The zero-order chi connectivity index (χ0) is 38.2. The summed E-state index contributed by atoms with van der Waals surface area (Å²) in [5, 5.41) is 20.3. The van der Waals surface area contributed by atoms with Gasteiger partial charge in [0.1, 0.15) is 28.2 Å². The molecule has 0 aliphatic carbocycles. The fourth-order valence-electron chi connectivity index (χ4n) is 5.20. The number of pyridine rings is 1. The molecule has 18 heteroatoms. The number of tetrazole rings is 1. The first-order valence-corrected chi connectivity index (χ1v) is 16.6. The quantitative estimate of drug-likeness (QED) is 0.205. The third-order valence-corrected chi connectivity index (χ3v) is 7.40. The van der Waals surface area contributed by atoms with Crippen LogP contribution in [0.3, 0.4) is 0 Å². The summed E-state index contributed by atoms with van der Waals surface area (Å²) < 4.78 is 48.7. The van der Waals surface area contributed by atoms with Gasteiger partial charge in [-0.1, -0.05) is 11.3 Å². The third-order valence-electron chi connectivity index (χ3n) is 7.40. The van der Waals surface area contributed by atoms with Crippen LogP contribution in [0.2, 0.25) is 0 Å². The first kappa shape index (κ1) is 37.7. The highest BCUT2D eigenvalue weighted by Crippen LogP contribution is 2.35. The number of imide groups is 1. The van der Waals surface area contributed by atoms with Crippen molar-refractivity contribution in [3.63, 3.8) is 0 Å². The summed E-state index contributed by atoms with van der Waals surface area (Å²) >= 11 is 0. The van der Waals surface area contributed by atoms with E-state index in [1.807, 2.05) is 20.8 Å². The Bertz CT molecular complexity index is 1920. The van der Waals surface area contributed by atoms with Crippen molar-refractivity contribution in [1.29, 1.82) is 0 Å². The Labute approximate surface area is 299 Å². The predicted molar refractivity (Wildman–Crippen MR) is 182 cm³/mol. The van der Waals surface area contributed by atoms with E-state index in [0.29, 0.717) is 42.1 Å². The molecule has 16 nitrogen and oxygen atoms in total. The second-order valence-electron chi connectivity index (χ2n) is 15.2. The number of amides is 3. The number of halogens is 2. The summed E-state index contributed by atoms with van der Waals surface area (Å²) in [6.45, 7) is 16.1. The van der Waals surface area contributed by atoms with Crippen molar-refractivity contribution in [3.05, 3.63) is 48.3 Å². The van der Waals surface area contributed by atoms with E-state index in [9.17, 15) is 18.8 Å². The summed E-state index contributed by atoms with van der Waals surface area (Å²) in [5.41, 5.74) is -2.37. The van der Waals surface area contributed by atoms with Crippen LogP contribution in [0.5, 0.6) is 0 Å². The van der Waals surface area contributed by atoms with Gasteiger partial charge >= 0.3 is 18.3 Å². The lowest BCUT2D eigenvalue weighted by atomic mass is 10.1. The number of likely N-dealkylation sites (tertiary alicyclic amines) is 1. The summed E-state index contributed by atoms with van der Waals surface area (Å²) in [4.78, 5) is 46.6. The van der Waals surface area contributed by atoms with Crippen molar-refractivity contribution >= 4 is 24.1 Å². The maximum atomic E-state index is 15.1. The van der Waals surface area contributed by atoms with Crippen LogP contribution in [0.1, 0.15) is 81.2 Å². The van der Waals surface area contributed by atoms with E-state index >= 15 is 4.39 Å². The Kier molecular flexibility index (Phi) is 10.3. The molecule has 1 aliphatic rings. The number of ether oxygens (including phenoxy) is 3. The Morgan fingerprint density at radius 2 is 1.46 bits per heavy atom. The van der Waals surface area contributed by atoms with Gasteiger partial charge in [-0.25, -0.2) is 32.8 Å². The van der Waals surface area contributed by atoms with Crippen LogP contribution in [-0.4, -0.2) is 93.3 Å². The predicted octanol–water partition coefficient (Wildman–Crippen LogP) is 6.51. The zero-order valence-corrected chi connectivity index (χ0v) is 30.5. The number of piperidine rings is 1. The van der Waals surface area contributed by atoms with E-state index in [-0.39, 0.29) is 35.0 Å². The minimum absolute atomic E-state index is 0.0527. The number of aromatic nitrogens is 8. The molecule has 1 saturated heterocycles. The van der Waals surface area contributed by atoms with Crippen LogP contribution in [0.15, 0.2) is 36.7 Å². The first-order valence-electron chi connectivity index (χ1n) is 16.6. The standard InChI is InChI=1S/C34H42F2N10O6/c1-32(2,3)50-29(47)43-15-13-21(14-16-43)44-19-24(38-41-44)20-17-22(28-39-40-42-46(28)25-12-10-11-23(35)26(25)36)27(37-18-20)45(30(48)51-33(4,5)6)31(49)52-34(7,8)9/h10-12,17-19,21H,13-16H2,1-9H3. The molecule has 3 aromatic heterocycles. The summed E-state index contributed by atoms with van der Waals surface area (Å²) in [5.74, 6) is -2.91. The molecule has 3 amide bonds. The van der Waals surface area contributed by atoms with Gasteiger partial charge in [-0.3, -0.25) is 0 Å². The number of hydrogen-bond acceptors (Lipinski definition) is 12. The number of nitrogens with zero attached hydrogens (tertiary/aromatic N) is 10. The number of anilines is 1. The van der Waals surface area contributed by atoms with Crippen molar-refractivity contribution in [2.75, 3.05) is 18.0 Å². The summed E-state index contributed by atoms with van der Waals surface area (Å²) in [6, 6.07) is 4.88. The van der Waals surface area contributed by atoms with Crippen LogP contribution in [0.4, 0.5) is 29.0 Å². The molecule has 0 unspecified atom stereocenters. The molecule has 0 N–H and O–H groups in total. The van der Waals surface area contributed by atoms with Gasteiger partial charge in [0.25, 0.3) is 0 Å². The highest BCUT2D eigenvalue weighted by molar-refractivity contribution is 6.11. The van der Waals surface area contributed by atoms with Gasteiger partial charge in [0.15, 0.2) is 23.3 Å². The van der Waals surface area contributed by atoms with Crippen molar-refractivity contribution in [2.45, 2.75) is 98.0 Å². The molecule has 4 heterocycles. The average Bonchev–Trinajstić information content (AvgIpc) is 3.71. The molecule has 0 spiro atoms. The molecule has 4 aromatic rings. The normalized spacial score (nSPS) is 14.2. The summed E-state index contributed by atoms with van der Waals surface area (Å²) in [7, 11) is 0. The van der Waals surface area contributed by atoms with Gasteiger partial charge in [-0.2, -0.15) is 9.58 Å². The highest BCUT2D eigenvalue weighted by Gasteiger charge is 2.37. The SMILES string of the molecule is CC(C)(C)OC(=O)N1CCC(n2cc(-c3cnc(N(C(=O)OC(C)(C)C)C(=O)OC(C)(C)C)c(-c4nnnn4-c4cccc(F)c4F)c3)nn2)CC1. The second kappa shape index (κ2) is 14.2. The Hall–Kier alpha value is -5.55. The third kappa shape index (κ3) is 8.84. The molecular formula is C34H42F2N10O6. The molecule has 1 fully saturated rings. The number of carbonyl (C=O) groups excluding carboxylic acids is 3. The second-order valence-corrected chi connectivity index (χ2v) is 15.2. The van der Waals surface area contributed by atoms with Gasteiger partial charge in [0.05, 0.1) is 17.8 Å². The topological polar surface area (TPSA) is 173 Å². The number of carbonyl (C=O) groups is 3. The molecule has 278 valence electrons. The zero-order valence-electron chi connectivity index (χ0n) is 30.5. The average molecular weight is 725 g/mol. The Morgan fingerprint density at radius 3 is 2.06 bits per heavy atom. The van der Waals surface area contributed by atoms with Crippen molar-refractivity contribution in [2.24, 2.45) is 0 Å². The van der Waals surface area contributed by atoms with Crippen molar-refractivity contribution in [3.8, 4) is 28.3 Å². The van der Waals surface area contributed by atoms with Gasteiger partial charge in [0.2, 0.25) is 0 Å². The van der Waals surface area contributed by atoms with Gasteiger partial charge in [-0.15, -0.1) is 10.2 Å². The van der Waals surface area contributed by atoms with Crippen molar-refractivity contribution in [1.82, 2.24) is 45.1 Å².